The van der Waals surface area contributed by atoms with Crippen LogP contribution in [0.1, 0.15) is 29.3 Å². The predicted octanol–water partition coefficient (Wildman–Crippen LogP) is 2.97. The number of benzene rings is 1. The van der Waals surface area contributed by atoms with Gasteiger partial charge in [-0.1, -0.05) is 30.7 Å². The topological polar surface area (TPSA) is 75.1 Å². The van der Waals surface area contributed by atoms with Gasteiger partial charge >= 0.3 is 5.97 Å². The van der Waals surface area contributed by atoms with Crippen molar-refractivity contribution in [3.63, 3.8) is 0 Å². The van der Waals surface area contributed by atoms with Crippen LogP contribution >= 0.6 is 0 Å². The van der Waals surface area contributed by atoms with Gasteiger partial charge in [-0.15, -0.1) is 0 Å². The van der Waals surface area contributed by atoms with Gasteiger partial charge in [-0.3, -0.25) is 0 Å². The molecule has 0 aliphatic carbocycles. The van der Waals surface area contributed by atoms with Crippen LogP contribution in [-0.4, -0.2) is 27.6 Å². The van der Waals surface area contributed by atoms with E-state index in [1.54, 1.807) is 0 Å². The Morgan fingerprint density at radius 1 is 1.40 bits per heavy atom. The normalized spacial score (nSPS) is 10.3. The fourth-order valence-electron chi connectivity index (χ4n) is 1.84. The summed E-state index contributed by atoms with van der Waals surface area (Å²) >= 11 is 0. The van der Waals surface area contributed by atoms with E-state index in [1.807, 2.05) is 38.1 Å². The molecule has 0 unspecified atom stereocenters. The number of rotatable bonds is 5. The number of carbonyl (C=O) groups is 1. The maximum atomic E-state index is 11.2. The van der Waals surface area contributed by atoms with Crippen molar-refractivity contribution in [3.8, 4) is 11.4 Å². The molecule has 0 amide bonds. The van der Waals surface area contributed by atoms with Crippen LogP contribution in [-0.2, 0) is 0 Å². The zero-order valence-corrected chi connectivity index (χ0v) is 11.6. The van der Waals surface area contributed by atoms with Gasteiger partial charge in [0.25, 0.3) is 0 Å². The molecule has 0 saturated carbocycles. The number of nitrogens with zero attached hydrogens (tertiary/aromatic N) is 2. The monoisotopic (exact) mass is 271 g/mol. The third-order valence-electron chi connectivity index (χ3n) is 2.84. The minimum atomic E-state index is -1.03. The Labute approximate surface area is 117 Å². The standard InChI is InChI=1S/C15H17N3O2/c1-3-7-16-14-12(15(19)20)9-17-13(18-14)11-6-4-5-10(2)8-11/h4-6,8-9H,3,7H2,1-2H3,(H,19,20)(H,16,17,18). The van der Waals surface area contributed by atoms with Crippen molar-refractivity contribution in [1.29, 1.82) is 0 Å². The van der Waals surface area contributed by atoms with Crippen molar-refractivity contribution in [3.05, 3.63) is 41.6 Å². The van der Waals surface area contributed by atoms with E-state index >= 15 is 0 Å². The molecule has 0 saturated heterocycles. The first-order chi connectivity index (χ1) is 9.61. The van der Waals surface area contributed by atoms with E-state index < -0.39 is 5.97 Å². The van der Waals surface area contributed by atoms with Crippen LogP contribution in [0.4, 0.5) is 5.82 Å². The van der Waals surface area contributed by atoms with Crippen molar-refractivity contribution in [1.82, 2.24) is 9.97 Å². The van der Waals surface area contributed by atoms with Gasteiger partial charge in [0.1, 0.15) is 11.4 Å². The molecule has 1 aromatic heterocycles. The summed E-state index contributed by atoms with van der Waals surface area (Å²) in [5, 5.41) is 12.2. The van der Waals surface area contributed by atoms with Gasteiger partial charge in [-0.2, -0.15) is 0 Å². The first kappa shape index (κ1) is 14.0. The number of hydrogen-bond donors (Lipinski definition) is 2. The van der Waals surface area contributed by atoms with E-state index in [9.17, 15) is 4.79 Å². The van der Waals surface area contributed by atoms with E-state index in [-0.39, 0.29) is 5.56 Å². The number of carboxylic acid groups (broad SMARTS) is 1. The second-order valence-corrected chi connectivity index (χ2v) is 4.56. The number of anilines is 1. The van der Waals surface area contributed by atoms with Crippen LogP contribution in [0, 0.1) is 6.92 Å². The van der Waals surface area contributed by atoms with Gasteiger partial charge in [0.15, 0.2) is 5.82 Å². The second kappa shape index (κ2) is 6.14. The van der Waals surface area contributed by atoms with Crippen LogP contribution in [0.5, 0.6) is 0 Å². The average molecular weight is 271 g/mol. The quantitative estimate of drug-likeness (QED) is 0.874. The first-order valence-electron chi connectivity index (χ1n) is 6.53. The Kier molecular flexibility index (Phi) is 4.30. The summed E-state index contributed by atoms with van der Waals surface area (Å²) in [5.74, 6) is -0.137. The Balaban J connectivity index is 2.43. The predicted molar refractivity (Wildman–Crippen MR) is 77.9 cm³/mol. The summed E-state index contributed by atoms with van der Waals surface area (Å²) in [5.41, 5.74) is 2.08. The number of carboxylic acids is 1. The Bertz CT molecular complexity index is 626. The molecule has 0 radical (unpaired) electrons. The largest absolute Gasteiger partial charge is 0.477 e. The Morgan fingerprint density at radius 3 is 2.85 bits per heavy atom. The Hall–Kier alpha value is -2.43. The highest BCUT2D eigenvalue weighted by Crippen LogP contribution is 2.20. The summed E-state index contributed by atoms with van der Waals surface area (Å²) in [6, 6.07) is 7.80. The molecular weight excluding hydrogens is 254 g/mol. The first-order valence-corrected chi connectivity index (χ1v) is 6.53. The maximum absolute atomic E-state index is 11.2. The molecular formula is C15H17N3O2. The van der Waals surface area contributed by atoms with Crippen molar-refractivity contribution >= 4 is 11.8 Å². The van der Waals surface area contributed by atoms with E-state index in [0.29, 0.717) is 18.2 Å². The van der Waals surface area contributed by atoms with E-state index in [1.165, 1.54) is 6.20 Å². The lowest BCUT2D eigenvalue weighted by Crippen LogP contribution is -2.10. The lowest BCUT2D eigenvalue weighted by molar-refractivity contribution is 0.0697. The molecule has 20 heavy (non-hydrogen) atoms. The number of aryl methyl sites for hydroxylation is 1. The molecule has 5 nitrogen and oxygen atoms in total. The van der Waals surface area contributed by atoms with Gasteiger partial charge in [0.05, 0.1) is 0 Å². The van der Waals surface area contributed by atoms with Crippen molar-refractivity contribution in [2.75, 3.05) is 11.9 Å². The maximum Gasteiger partial charge on any atom is 0.341 e. The fourth-order valence-corrected chi connectivity index (χ4v) is 1.84. The van der Waals surface area contributed by atoms with Gasteiger partial charge in [0.2, 0.25) is 0 Å². The van der Waals surface area contributed by atoms with Gasteiger partial charge in [-0.25, -0.2) is 14.8 Å². The Morgan fingerprint density at radius 2 is 2.20 bits per heavy atom. The highest BCUT2D eigenvalue weighted by molar-refractivity contribution is 5.93. The molecule has 0 bridgehead atoms. The van der Waals surface area contributed by atoms with E-state index in [0.717, 1.165) is 17.5 Å². The average Bonchev–Trinajstić information content (AvgIpc) is 2.44. The molecule has 0 fully saturated rings. The number of aromatic carboxylic acids is 1. The molecule has 0 aliphatic rings. The van der Waals surface area contributed by atoms with Crippen LogP contribution in [0.3, 0.4) is 0 Å². The van der Waals surface area contributed by atoms with Crippen LogP contribution in [0.25, 0.3) is 11.4 Å². The molecule has 104 valence electrons. The van der Waals surface area contributed by atoms with Gasteiger partial charge in [0, 0.05) is 18.3 Å². The van der Waals surface area contributed by atoms with Crippen LogP contribution in [0.15, 0.2) is 30.5 Å². The lowest BCUT2D eigenvalue weighted by atomic mass is 10.1. The summed E-state index contributed by atoms with van der Waals surface area (Å²) in [6.45, 7) is 4.67. The number of aromatic nitrogens is 2. The van der Waals surface area contributed by atoms with E-state index in [2.05, 4.69) is 15.3 Å². The molecule has 2 aromatic rings. The van der Waals surface area contributed by atoms with Crippen LogP contribution in [0.2, 0.25) is 0 Å². The highest BCUT2D eigenvalue weighted by Gasteiger charge is 2.14. The summed E-state index contributed by atoms with van der Waals surface area (Å²) in [6.07, 6.45) is 2.24. The molecule has 0 aliphatic heterocycles. The zero-order chi connectivity index (χ0) is 14.5. The highest BCUT2D eigenvalue weighted by atomic mass is 16.4. The minimum absolute atomic E-state index is 0.0925. The number of hydrogen-bond acceptors (Lipinski definition) is 4. The number of nitrogens with one attached hydrogen (secondary N) is 1. The van der Waals surface area contributed by atoms with Crippen molar-refractivity contribution in [2.24, 2.45) is 0 Å². The van der Waals surface area contributed by atoms with E-state index in [4.69, 9.17) is 5.11 Å². The summed E-state index contributed by atoms with van der Waals surface area (Å²) in [7, 11) is 0. The third-order valence-corrected chi connectivity index (χ3v) is 2.84. The summed E-state index contributed by atoms with van der Waals surface area (Å²) in [4.78, 5) is 19.7. The lowest BCUT2D eigenvalue weighted by Gasteiger charge is -2.09. The van der Waals surface area contributed by atoms with Crippen molar-refractivity contribution < 1.29 is 9.90 Å². The smallest absolute Gasteiger partial charge is 0.341 e. The zero-order valence-electron chi connectivity index (χ0n) is 11.6. The fraction of sp³-hybridized carbons (Fsp3) is 0.267. The van der Waals surface area contributed by atoms with Crippen molar-refractivity contribution in [2.45, 2.75) is 20.3 Å². The summed E-state index contributed by atoms with van der Waals surface area (Å²) < 4.78 is 0. The van der Waals surface area contributed by atoms with Crippen LogP contribution < -0.4 is 5.32 Å². The SMILES string of the molecule is CCCNc1nc(-c2cccc(C)c2)ncc1C(=O)O. The molecule has 1 heterocycles. The molecule has 2 rings (SSSR count). The minimum Gasteiger partial charge on any atom is -0.477 e. The second-order valence-electron chi connectivity index (χ2n) is 4.56. The molecule has 5 heteroatoms. The molecule has 1 aromatic carbocycles. The molecule has 0 atom stereocenters. The molecule has 0 spiro atoms. The molecule has 2 N–H and O–H groups in total. The van der Waals surface area contributed by atoms with Gasteiger partial charge in [-0.05, 0) is 19.4 Å². The third kappa shape index (κ3) is 3.12. The van der Waals surface area contributed by atoms with Gasteiger partial charge < -0.3 is 10.4 Å².